The van der Waals surface area contributed by atoms with Gasteiger partial charge in [-0.2, -0.15) is 0 Å². The second-order valence-electron chi connectivity index (χ2n) is 6.74. The molecule has 0 spiro atoms. The van der Waals surface area contributed by atoms with E-state index in [2.05, 4.69) is 28.6 Å². The number of pyridine rings is 1. The van der Waals surface area contributed by atoms with Crippen LogP contribution in [0, 0.1) is 0 Å². The Morgan fingerprint density at radius 3 is 2.83 bits per heavy atom. The predicted octanol–water partition coefficient (Wildman–Crippen LogP) is 4.36. The topological polar surface area (TPSA) is 46.2 Å². The minimum atomic E-state index is 0.484. The molecule has 0 saturated heterocycles. The minimum absolute atomic E-state index is 0.484. The SMILES string of the molecule is CC[C@H](CNc1cc(OC)cc2cccnc12)NC1CCCCC1. The lowest BCUT2D eigenvalue weighted by Gasteiger charge is -2.28. The van der Waals surface area contributed by atoms with Crippen molar-refractivity contribution in [2.24, 2.45) is 0 Å². The zero-order valence-corrected chi connectivity index (χ0v) is 14.8. The molecule has 1 aliphatic carbocycles. The monoisotopic (exact) mass is 327 g/mol. The zero-order valence-electron chi connectivity index (χ0n) is 14.8. The van der Waals surface area contributed by atoms with E-state index in [1.165, 1.54) is 32.1 Å². The fourth-order valence-corrected chi connectivity index (χ4v) is 3.57. The van der Waals surface area contributed by atoms with Gasteiger partial charge in [-0.1, -0.05) is 32.3 Å². The predicted molar refractivity (Wildman–Crippen MR) is 101 cm³/mol. The van der Waals surface area contributed by atoms with Gasteiger partial charge < -0.3 is 15.4 Å². The van der Waals surface area contributed by atoms with Gasteiger partial charge in [-0.25, -0.2) is 0 Å². The summed E-state index contributed by atoms with van der Waals surface area (Å²) in [7, 11) is 1.71. The molecule has 0 aliphatic heterocycles. The molecule has 0 unspecified atom stereocenters. The van der Waals surface area contributed by atoms with Crippen molar-refractivity contribution in [3.8, 4) is 5.75 Å². The van der Waals surface area contributed by atoms with Crippen LogP contribution in [0.5, 0.6) is 5.75 Å². The molecule has 0 amide bonds. The number of aromatic nitrogens is 1. The van der Waals surface area contributed by atoms with Crippen molar-refractivity contribution in [3.05, 3.63) is 30.5 Å². The summed E-state index contributed by atoms with van der Waals surface area (Å²) in [6.45, 7) is 3.16. The molecule has 1 aliphatic rings. The van der Waals surface area contributed by atoms with Crippen LogP contribution in [0.3, 0.4) is 0 Å². The van der Waals surface area contributed by atoms with Crippen LogP contribution in [0.2, 0.25) is 0 Å². The number of rotatable bonds is 7. The molecule has 130 valence electrons. The molecule has 4 heteroatoms. The lowest BCUT2D eigenvalue weighted by Crippen LogP contribution is -2.42. The molecular formula is C20H29N3O. The lowest BCUT2D eigenvalue weighted by molar-refractivity contribution is 0.336. The summed E-state index contributed by atoms with van der Waals surface area (Å²) in [5.74, 6) is 0.867. The van der Waals surface area contributed by atoms with Crippen LogP contribution in [0.25, 0.3) is 10.9 Å². The van der Waals surface area contributed by atoms with Crippen LogP contribution in [-0.4, -0.2) is 30.7 Å². The summed E-state index contributed by atoms with van der Waals surface area (Å²) < 4.78 is 5.43. The van der Waals surface area contributed by atoms with Gasteiger partial charge in [0, 0.05) is 36.3 Å². The fraction of sp³-hybridized carbons (Fsp3) is 0.550. The van der Waals surface area contributed by atoms with Gasteiger partial charge in [0.05, 0.1) is 18.3 Å². The molecule has 0 radical (unpaired) electrons. The van der Waals surface area contributed by atoms with Gasteiger partial charge in [-0.15, -0.1) is 0 Å². The Morgan fingerprint density at radius 2 is 2.08 bits per heavy atom. The lowest BCUT2D eigenvalue weighted by atomic mass is 9.94. The molecule has 1 aromatic heterocycles. The van der Waals surface area contributed by atoms with Crippen molar-refractivity contribution in [1.29, 1.82) is 0 Å². The number of hydrogen-bond donors (Lipinski definition) is 2. The second kappa shape index (κ2) is 8.34. The average molecular weight is 327 g/mol. The van der Waals surface area contributed by atoms with Crippen LogP contribution in [0.4, 0.5) is 5.69 Å². The number of methoxy groups -OCH3 is 1. The Balaban J connectivity index is 1.69. The first-order valence-corrected chi connectivity index (χ1v) is 9.23. The normalized spacial score (nSPS) is 16.9. The Morgan fingerprint density at radius 1 is 1.25 bits per heavy atom. The van der Waals surface area contributed by atoms with Gasteiger partial charge in [0.25, 0.3) is 0 Å². The molecule has 2 N–H and O–H groups in total. The molecule has 0 bridgehead atoms. The second-order valence-corrected chi connectivity index (χ2v) is 6.74. The quantitative estimate of drug-likeness (QED) is 0.793. The van der Waals surface area contributed by atoms with Crippen molar-refractivity contribution in [2.75, 3.05) is 19.0 Å². The summed E-state index contributed by atoms with van der Waals surface area (Å²) in [6.07, 6.45) is 9.74. The highest BCUT2D eigenvalue weighted by Gasteiger charge is 2.17. The van der Waals surface area contributed by atoms with Crippen molar-refractivity contribution in [3.63, 3.8) is 0 Å². The number of anilines is 1. The van der Waals surface area contributed by atoms with E-state index in [0.717, 1.165) is 35.3 Å². The van der Waals surface area contributed by atoms with Gasteiger partial charge in [0.2, 0.25) is 0 Å². The third-order valence-corrected chi connectivity index (χ3v) is 5.02. The number of nitrogens with zero attached hydrogens (tertiary/aromatic N) is 1. The molecule has 1 aromatic carbocycles. The highest BCUT2D eigenvalue weighted by molar-refractivity contribution is 5.91. The van der Waals surface area contributed by atoms with E-state index in [-0.39, 0.29) is 0 Å². The van der Waals surface area contributed by atoms with Crippen LogP contribution in [-0.2, 0) is 0 Å². The maximum absolute atomic E-state index is 5.43. The summed E-state index contributed by atoms with van der Waals surface area (Å²) in [6, 6.07) is 9.29. The van der Waals surface area contributed by atoms with E-state index < -0.39 is 0 Å². The first-order chi connectivity index (χ1) is 11.8. The summed E-state index contributed by atoms with van der Waals surface area (Å²) in [5, 5.41) is 8.54. The number of ether oxygens (including phenoxy) is 1. The van der Waals surface area contributed by atoms with E-state index in [1.54, 1.807) is 7.11 Å². The summed E-state index contributed by atoms with van der Waals surface area (Å²) in [5.41, 5.74) is 2.06. The van der Waals surface area contributed by atoms with E-state index in [0.29, 0.717) is 12.1 Å². The molecule has 24 heavy (non-hydrogen) atoms. The smallest absolute Gasteiger partial charge is 0.121 e. The van der Waals surface area contributed by atoms with E-state index in [9.17, 15) is 0 Å². The van der Waals surface area contributed by atoms with Gasteiger partial charge in [0.15, 0.2) is 0 Å². The van der Waals surface area contributed by atoms with Crippen LogP contribution in [0.15, 0.2) is 30.5 Å². The molecule has 4 nitrogen and oxygen atoms in total. The van der Waals surface area contributed by atoms with Gasteiger partial charge in [-0.3, -0.25) is 4.98 Å². The number of benzene rings is 1. The van der Waals surface area contributed by atoms with Crippen LogP contribution < -0.4 is 15.4 Å². The van der Waals surface area contributed by atoms with Crippen molar-refractivity contribution < 1.29 is 4.74 Å². The summed E-state index contributed by atoms with van der Waals surface area (Å²) >= 11 is 0. The zero-order chi connectivity index (χ0) is 16.8. The van der Waals surface area contributed by atoms with Gasteiger partial charge in [0.1, 0.15) is 5.75 Å². The largest absolute Gasteiger partial charge is 0.497 e. The molecular weight excluding hydrogens is 298 g/mol. The third kappa shape index (κ3) is 4.18. The molecule has 3 rings (SSSR count). The molecule has 2 aromatic rings. The van der Waals surface area contributed by atoms with E-state index in [1.807, 2.05) is 24.4 Å². The van der Waals surface area contributed by atoms with Crippen molar-refractivity contribution in [1.82, 2.24) is 10.3 Å². The highest BCUT2D eigenvalue weighted by atomic mass is 16.5. The molecule has 1 atom stereocenters. The first kappa shape index (κ1) is 17.0. The van der Waals surface area contributed by atoms with Gasteiger partial charge >= 0.3 is 0 Å². The Hall–Kier alpha value is -1.81. The Labute approximate surface area is 145 Å². The highest BCUT2D eigenvalue weighted by Crippen LogP contribution is 2.27. The Bertz CT molecular complexity index is 652. The van der Waals surface area contributed by atoms with Crippen molar-refractivity contribution in [2.45, 2.75) is 57.5 Å². The maximum Gasteiger partial charge on any atom is 0.121 e. The maximum atomic E-state index is 5.43. The van der Waals surface area contributed by atoms with Gasteiger partial charge in [-0.05, 0) is 31.4 Å². The standard InChI is InChI=1S/C20H29N3O/c1-3-16(23-17-9-5-4-6-10-17)14-22-19-13-18(24-2)12-15-8-7-11-21-20(15)19/h7-8,11-13,16-17,22-23H,3-6,9-10,14H2,1-2H3/t16-/m1/s1. The minimum Gasteiger partial charge on any atom is -0.497 e. The number of fused-ring (bicyclic) bond motifs is 1. The average Bonchev–Trinajstić information content (AvgIpc) is 2.65. The van der Waals surface area contributed by atoms with Crippen molar-refractivity contribution >= 4 is 16.6 Å². The first-order valence-electron chi connectivity index (χ1n) is 9.23. The molecule has 1 saturated carbocycles. The number of nitrogens with one attached hydrogen (secondary N) is 2. The van der Waals surface area contributed by atoms with E-state index >= 15 is 0 Å². The third-order valence-electron chi connectivity index (χ3n) is 5.02. The molecule has 1 heterocycles. The Kier molecular flexibility index (Phi) is 5.91. The molecule has 1 fully saturated rings. The van der Waals surface area contributed by atoms with Crippen LogP contribution >= 0.6 is 0 Å². The van der Waals surface area contributed by atoms with Crippen LogP contribution in [0.1, 0.15) is 45.4 Å². The van der Waals surface area contributed by atoms with E-state index in [4.69, 9.17) is 4.74 Å². The number of hydrogen-bond acceptors (Lipinski definition) is 4. The summed E-state index contributed by atoms with van der Waals surface area (Å²) in [4.78, 5) is 4.54. The fourth-order valence-electron chi connectivity index (χ4n) is 3.57.